The standard InChI is InChI=1S/C24H25N3O5S2/c1-3-17-4-10-21(11-5-17)32-16-23(28)26-24(33)25-18-8-14-22(15-9-18)34(29,30)27-19-6-12-20(31-2)13-7-19/h4-15,27H,3,16H2,1-2H3,(H2,25,26,28,33). The van der Waals surface area contributed by atoms with Crippen molar-refractivity contribution in [2.24, 2.45) is 0 Å². The molecule has 0 aliphatic carbocycles. The summed E-state index contributed by atoms with van der Waals surface area (Å²) in [4.78, 5) is 12.2. The van der Waals surface area contributed by atoms with Crippen LogP contribution in [0, 0.1) is 0 Å². The first kappa shape index (κ1) is 25.0. The van der Waals surface area contributed by atoms with E-state index in [4.69, 9.17) is 21.7 Å². The van der Waals surface area contributed by atoms with Crippen molar-refractivity contribution in [3.63, 3.8) is 0 Å². The smallest absolute Gasteiger partial charge is 0.264 e. The van der Waals surface area contributed by atoms with E-state index in [0.717, 1.165) is 6.42 Å². The fourth-order valence-corrected chi connectivity index (χ4v) is 4.18. The third-order valence-corrected chi connectivity index (χ3v) is 6.32. The number of methoxy groups -OCH3 is 1. The number of aryl methyl sites for hydroxylation is 1. The number of sulfonamides is 1. The number of ether oxygens (including phenoxy) is 2. The first-order chi connectivity index (χ1) is 16.3. The molecule has 0 spiro atoms. The Labute approximate surface area is 204 Å². The zero-order valence-corrected chi connectivity index (χ0v) is 20.3. The van der Waals surface area contributed by atoms with Crippen molar-refractivity contribution < 1.29 is 22.7 Å². The molecule has 3 aromatic rings. The molecule has 0 aliphatic rings. The molecule has 3 aromatic carbocycles. The predicted octanol–water partition coefficient (Wildman–Crippen LogP) is 3.95. The van der Waals surface area contributed by atoms with Gasteiger partial charge in [0.15, 0.2) is 11.7 Å². The van der Waals surface area contributed by atoms with Crippen LogP contribution in [0.4, 0.5) is 11.4 Å². The second-order valence-electron chi connectivity index (χ2n) is 7.15. The maximum atomic E-state index is 12.6. The molecule has 8 nitrogen and oxygen atoms in total. The quantitative estimate of drug-likeness (QED) is 0.383. The van der Waals surface area contributed by atoms with E-state index in [2.05, 4.69) is 22.3 Å². The van der Waals surface area contributed by atoms with Gasteiger partial charge in [-0.15, -0.1) is 0 Å². The number of thiocarbonyl (C=S) groups is 1. The van der Waals surface area contributed by atoms with Crippen LogP contribution in [-0.2, 0) is 21.2 Å². The Hall–Kier alpha value is -3.63. The van der Waals surface area contributed by atoms with Crippen LogP contribution in [0.5, 0.6) is 11.5 Å². The van der Waals surface area contributed by atoms with E-state index >= 15 is 0 Å². The van der Waals surface area contributed by atoms with Gasteiger partial charge in [0.1, 0.15) is 11.5 Å². The molecule has 0 radical (unpaired) electrons. The second-order valence-corrected chi connectivity index (χ2v) is 9.24. The van der Waals surface area contributed by atoms with Gasteiger partial charge >= 0.3 is 0 Å². The lowest BCUT2D eigenvalue weighted by Gasteiger charge is -2.12. The van der Waals surface area contributed by atoms with Crippen LogP contribution < -0.4 is 24.8 Å². The highest BCUT2D eigenvalue weighted by molar-refractivity contribution is 7.92. The van der Waals surface area contributed by atoms with Gasteiger partial charge in [-0.2, -0.15) is 0 Å². The van der Waals surface area contributed by atoms with Crippen LogP contribution in [0.2, 0.25) is 0 Å². The summed E-state index contributed by atoms with van der Waals surface area (Å²) in [7, 11) is -2.24. The summed E-state index contributed by atoms with van der Waals surface area (Å²) < 4.78 is 38.2. The van der Waals surface area contributed by atoms with Gasteiger partial charge in [-0.05, 0) is 84.9 Å². The van der Waals surface area contributed by atoms with Gasteiger partial charge in [0, 0.05) is 11.4 Å². The minimum atomic E-state index is -3.77. The summed E-state index contributed by atoms with van der Waals surface area (Å²) in [5.74, 6) is 0.796. The van der Waals surface area contributed by atoms with E-state index in [1.807, 2.05) is 24.3 Å². The van der Waals surface area contributed by atoms with Crippen molar-refractivity contribution in [2.75, 3.05) is 23.8 Å². The number of amides is 1. The highest BCUT2D eigenvalue weighted by Gasteiger charge is 2.14. The maximum Gasteiger partial charge on any atom is 0.264 e. The van der Waals surface area contributed by atoms with Crippen LogP contribution in [0.3, 0.4) is 0 Å². The Kier molecular flexibility index (Phi) is 8.44. The number of rotatable bonds is 9. The third kappa shape index (κ3) is 7.19. The molecule has 0 atom stereocenters. The number of benzene rings is 3. The minimum Gasteiger partial charge on any atom is -0.497 e. The van der Waals surface area contributed by atoms with Crippen molar-refractivity contribution in [1.29, 1.82) is 0 Å². The summed E-state index contributed by atoms with van der Waals surface area (Å²) in [5.41, 5.74) is 2.11. The van der Waals surface area contributed by atoms with Crippen molar-refractivity contribution in [2.45, 2.75) is 18.2 Å². The van der Waals surface area contributed by atoms with Gasteiger partial charge in [0.05, 0.1) is 12.0 Å². The number of carbonyl (C=O) groups excluding carboxylic acids is 1. The molecule has 0 bridgehead atoms. The maximum absolute atomic E-state index is 12.6. The SMILES string of the molecule is CCc1ccc(OCC(=O)NC(=S)Nc2ccc(S(=O)(=O)Nc3ccc(OC)cc3)cc2)cc1. The average molecular weight is 500 g/mol. The highest BCUT2D eigenvalue weighted by atomic mass is 32.2. The Morgan fingerprint density at radius 3 is 2.06 bits per heavy atom. The lowest BCUT2D eigenvalue weighted by atomic mass is 10.2. The third-order valence-electron chi connectivity index (χ3n) is 4.72. The zero-order chi connectivity index (χ0) is 24.6. The summed E-state index contributed by atoms with van der Waals surface area (Å²) in [5, 5.41) is 5.44. The molecule has 10 heteroatoms. The fourth-order valence-electron chi connectivity index (χ4n) is 2.89. The molecule has 0 aliphatic heterocycles. The van der Waals surface area contributed by atoms with E-state index in [0.29, 0.717) is 22.9 Å². The van der Waals surface area contributed by atoms with Crippen LogP contribution in [0.25, 0.3) is 0 Å². The topological polar surface area (TPSA) is 106 Å². The van der Waals surface area contributed by atoms with Gasteiger partial charge in [-0.1, -0.05) is 19.1 Å². The van der Waals surface area contributed by atoms with E-state index in [1.54, 1.807) is 36.4 Å². The molecule has 0 heterocycles. The van der Waals surface area contributed by atoms with Crippen molar-refractivity contribution >= 4 is 44.6 Å². The normalized spacial score (nSPS) is 10.8. The lowest BCUT2D eigenvalue weighted by molar-refractivity contribution is -0.121. The molecular formula is C24H25N3O5S2. The molecule has 0 saturated carbocycles. The summed E-state index contributed by atoms with van der Waals surface area (Å²) in [6.07, 6.45) is 0.923. The van der Waals surface area contributed by atoms with Gasteiger partial charge in [0.25, 0.3) is 15.9 Å². The molecule has 1 amide bonds. The van der Waals surface area contributed by atoms with E-state index in [1.165, 1.54) is 24.8 Å². The highest BCUT2D eigenvalue weighted by Crippen LogP contribution is 2.20. The largest absolute Gasteiger partial charge is 0.497 e. The number of hydrogen-bond acceptors (Lipinski definition) is 6. The monoisotopic (exact) mass is 499 g/mol. The number of anilines is 2. The molecule has 0 unspecified atom stereocenters. The van der Waals surface area contributed by atoms with Gasteiger partial charge in [0.2, 0.25) is 0 Å². The molecule has 34 heavy (non-hydrogen) atoms. The Balaban J connectivity index is 1.50. The first-order valence-electron chi connectivity index (χ1n) is 10.4. The predicted molar refractivity (Wildman–Crippen MR) is 136 cm³/mol. The molecule has 0 saturated heterocycles. The Morgan fingerprint density at radius 2 is 1.47 bits per heavy atom. The zero-order valence-electron chi connectivity index (χ0n) is 18.7. The average Bonchev–Trinajstić information content (AvgIpc) is 2.83. The van der Waals surface area contributed by atoms with Crippen molar-refractivity contribution in [3.8, 4) is 11.5 Å². The van der Waals surface area contributed by atoms with E-state index in [-0.39, 0.29) is 16.6 Å². The van der Waals surface area contributed by atoms with Gasteiger partial charge < -0.3 is 14.8 Å². The van der Waals surface area contributed by atoms with Gasteiger partial charge in [-0.3, -0.25) is 14.8 Å². The molecular weight excluding hydrogens is 474 g/mol. The van der Waals surface area contributed by atoms with E-state index in [9.17, 15) is 13.2 Å². The van der Waals surface area contributed by atoms with E-state index < -0.39 is 15.9 Å². The van der Waals surface area contributed by atoms with Crippen LogP contribution in [0.15, 0.2) is 77.7 Å². The van der Waals surface area contributed by atoms with Crippen molar-refractivity contribution in [3.05, 3.63) is 78.4 Å². The summed E-state index contributed by atoms with van der Waals surface area (Å²) in [6.45, 7) is 1.87. The number of hydrogen-bond donors (Lipinski definition) is 3. The fraction of sp³-hybridized carbons (Fsp3) is 0.167. The molecule has 3 rings (SSSR count). The first-order valence-corrected chi connectivity index (χ1v) is 12.3. The van der Waals surface area contributed by atoms with Crippen LogP contribution in [0.1, 0.15) is 12.5 Å². The molecule has 0 aromatic heterocycles. The van der Waals surface area contributed by atoms with Crippen LogP contribution in [-0.4, -0.2) is 33.2 Å². The Morgan fingerprint density at radius 1 is 0.882 bits per heavy atom. The Bertz CT molecular complexity index is 1230. The minimum absolute atomic E-state index is 0.0712. The lowest BCUT2D eigenvalue weighted by Crippen LogP contribution is -2.37. The van der Waals surface area contributed by atoms with Crippen LogP contribution >= 0.6 is 12.2 Å². The van der Waals surface area contributed by atoms with Crippen molar-refractivity contribution in [1.82, 2.24) is 5.32 Å². The second kappa shape index (κ2) is 11.5. The molecule has 178 valence electrons. The number of nitrogens with one attached hydrogen (secondary N) is 3. The molecule has 3 N–H and O–H groups in total. The summed E-state index contributed by atoms with van der Waals surface area (Å²) in [6, 6.07) is 20.0. The summed E-state index contributed by atoms with van der Waals surface area (Å²) >= 11 is 5.15. The van der Waals surface area contributed by atoms with Gasteiger partial charge in [-0.25, -0.2) is 8.42 Å². The molecule has 0 fully saturated rings. The number of carbonyl (C=O) groups is 1.